The van der Waals surface area contributed by atoms with E-state index < -0.39 is 12.6 Å². The number of alkyl halides is 2. The molecule has 0 fully saturated rings. The first kappa shape index (κ1) is 14.3. The topological polar surface area (TPSA) is 46.5 Å². The molecule has 0 aliphatic carbocycles. The van der Waals surface area contributed by atoms with Gasteiger partial charge in [0.05, 0.1) is 6.42 Å². The van der Waals surface area contributed by atoms with Crippen molar-refractivity contribution >= 4 is 5.97 Å². The third kappa shape index (κ3) is 5.95. The SMILES string of the molecule is CC.O=C(O)Cc1cccc(OC(F)F)c1. The van der Waals surface area contributed by atoms with Crippen LogP contribution in [0.2, 0.25) is 0 Å². The second-order valence-corrected chi connectivity index (χ2v) is 2.60. The van der Waals surface area contributed by atoms with Gasteiger partial charge in [0.2, 0.25) is 0 Å². The van der Waals surface area contributed by atoms with Crippen LogP contribution in [0, 0.1) is 0 Å². The van der Waals surface area contributed by atoms with Crippen molar-refractivity contribution in [3.05, 3.63) is 29.8 Å². The van der Waals surface area contributed by atoms with Gasteiger partial charge in [-0.05, 0) is 17.7 Å². The summed E-state index contributed by atoms with van der Waals surface area (Å²) in [5.74, 6) is -1.04. The van der Waals surface area contributed by atoms with Crippen molar-refractivity contribution in [2.24, 2.45) is 0 Å². The number of ether oxygens (including phenoxy) is 1. The average molecular weight is 232 g/mol. The molecule has 1 aromatic carbocycles. The number of halogens is 2. The van der Waals surface area contributed by atoms with Crippen LogP contribution in [0.3, 0.4) is 0 Å². The molecule has 0 radical (unpaired) electrons. The molecule has 5 heteroatoms. The van der Waals surface area contributed by atoms with E-state index in [-0.39, 0.29) is 12.2 Å². The number of carbonyl (C=O) groups is 1. The van der Waals surface area contributed by atoms with Gasteiger partial charge in [0.1, 0.15) is 5.75 Å². The largest absolute Gasteiger partial charge is 0.481 e. The van der Waals surface area contributed by atoms with Gasteiger partial charge in [0, 0.05) is 0 Å². The Morgan fingerprint density at radius 1 is 1.44 bits per heavy atom. The fraction of sp³-hybridized carbons (Fsp3) is 0.364. The predicted octanol–water partition coefficient (Wildman–Crippen LogP) is 2.94. The quantitative estimate of drug-likeness (QED) is 0.868. The lowest BCUT2D eigenvalue weighted by Crippen LogP contribution is -2.03. The Balaban J connectivity index is 0.00000106. The molecule has 16 heavy (non-hydrogen) atoms. The molecular formula is C11H14F2O3. The highest BCUT2D eigenvalue weighted by Crippen LogP contribution is 2.16. The van der Waals surface area contributed by atoms with Crippen LogP contribution in [0.5, 0.6) is 5.75 Å². The Kier molecular flexibility index (Phi) is 6.83. The summed E-state index contributed by atoms with van der Waals surface area (Å²) in [4.78, 5) is 10.3. The van der Waals surface area contributed by atoms with Crippen molar-refractivity contribution in [3.63, 3.8) is 0 Å². The number of hydrogen-bond donors (Lipinski definition) is 1. The first-order chi connectivity index (χ1) is 7.58. The highest BCUT2D eigenvalue weighted by molar-refractivity contribution is 5.70. The molecule has 0 unspecified atom stereocenters. The van der Waals surface area contributed by atoms with Crippen LogP contribution in [-0.2, 0) is 11.2 Å². The van der Waals surface area contributed by atoms with Crippen molar-refractivity contribution in [2.45, 2.75) is 26.9 Å². The fourth-order valence-electron chi connectivity index (χ4n) is 1.01. The van der Waals surface area contributed by atoms with Gasteiger partial charge in [0.25, 0.3) is 0 Å². The second kappa shape index (κ2) is 7.62. The zero-order valence-electron chi connectivity index (χ0n) is 9.11. The Labute approximate surface area is 92.7 Å². The van der Waals surface area contributed by atoms with Gasteiger partial charge in [-0.15, -0.1) is 0 Å². The zero-order chi connectivity index (χ0) is 12.6. The molecule has 1 N–H and O–H groups in total. The van der Waals surface area contributed by atoms with Crippen molar-refractivity contribution in [2.75, 3.05) is 0 Å². The average Bonchev–Trinajstić information content (AvgIpc) is 2.19. The van der Waals surface area contributed by atoms with Crippen LogP contribution in [0.15, 0.2) is 24.3 Å². The van der Waals surface area contributed by atoms with E-state index in [9.17, 15) is 13.6 Å². The number of carboxylic acids is 1. The molecule has 0 atom stereocenters. The summed E-state index contributed by atoms with van der Waals surface area (Å²) in [6, 6.07) is 5.63. The second-order valence-electron chi connectivity index (χ2n) is 2.60. The van der Waals surface area contributed by atoms with E-state index in [1.54, 1.807) is 0 Å². The maximum atomic E-state index is 11.8. The third-order valence-electron chi connectivity index (χ3n) is 1.48. The van der Waals surface area contributed by atoms with Crippen LogP contribution >= 0.6 is 0 Å². The van der Waals surface area contributed by atoms with Gasteiger partial charge in [-0.3, -0.25) is 4.79 Å². The van der Waals surface area contributed by atoms with Gasteiger partial charge < -0.3 is 9.84 Å². The van der Waals surface area contributed by atoms with Crippen LogP contribution in [-0.4, -0.2) is 17.7 Å². The smallest absolute Gasteiger partial charge is 0.387 e. The maximum absolute atomic E-state index is 11.8. The van der Waals surface area contributed by atoms with Crippen molar-refractivity contribution in [3.8, 4) is 5.75 Å². The zero-order valence-corrected chi connectivity index (χ0v) is 9.11. The van der Waals surface area contributed by atoms with E-state index in [0.717, 1.165) is 0 Å². The van der Waals surface area contributed by atoms with Crippen LogP contribution in [0.4, 0.5) is 8.78 Å². The molecule has 0 amide bonds. The molecule has 0 aliphatic rings. The molecule has 0 bridgehead atoms. The minimum absolute atomic E-state index is 0.0289. The normalized spacial score (nSPS) is 9.31. The molecule has 0 saturated heterocycles. The van der Waals surface area contributed by atoms with E-state index in [0.29, 0.717) is 5.56 Å². The minimum atomic E-state index is -2.89. The van der Waals surface area contributed by atoms with Gasteiger partial charge in [-0.25, -0.2) is 0 Å². The molecule has 0 aromatic heterocycles. The monoisotopic (exact) mass is 232 g/mol. The van der Waals surface area contributed by atoms with Crippen LogP contribution in [0.25, 0.3) is 0 Å². The van der Waals surface area contributed by atoms with E-state index in [1.807, 2.05) is 13.8 Å². The summed E-state index contributed by atoms with van der Waals surface area (Å²) in [5, 5.41) is 8.45. The molecule has 0 aliphatic heterocycles. The molecule has 0 spiro atoms. The molecule has 0 saturated carbocycles. The molecule has 1 rings (SSSR count). The minimum Gasteiger partial charge on any atom is -0.481 e. The van der Waals surface area contributed by atoms with E-state index in [4.69, 9.17) is 5.11 Å². The Morgan fingerprint density at radius 3 is 2.56 bits per heavy atom. The standard InChI is InChI=1S/C9H8F2O3.C2H6/c10-9(11)14-7-3-1-2-6(4-7)5-8(12)13;1-2/h1-4,9H,5H2,(H,12,13);1-2H3. The highest BCUT2D eigenvalue weighted by atomic mass is 19.3. The Hall–Kier alpha value is -1.65. The number of aliphatic carboxylic acids is 1. The molecular weight excluding hydrogens is 218 g/mol. The third-order valence-corrected chi connectivity index (χ3v) is 1.48. The van der Waals surface area contributed by atoms with Crippen molar-refractivity contribution in [1.29, 1.82) is 0 Å². The lowest BCUT2D eigenvalue weighted by atomic mass is 10.1. The molecule has 3 nitrogen and oxygen atoms in total. The Morgan fingerprint density at radius 2 is 2.06 bits per heavy atom. The molecule has 1 aromatic rings. The first-order valence-corrected chi connectivity index (χ1v) is 4.83. The Bertz CT molecular complexity index is 327. The summed E-state index contributed by atoms with van der Waals surface area (Å²) in [5.41, 5.74) is 0.427. The van der Waals surface area contributed by atoms with Crippen LogP contribution < -0.4 is 4.74 Å². The van der Waals surface area contributed by atoms with Gasteiger partial charge in [-0.2, -0.15) is 8.78 Å². The summed E-state index contributed by atoms with van der Waals surface area (Å²) < 4.78 is 27.7. The summed E-state index contributed by atoms with van der Waals surface area (Å²) in [7, 11) is 0. The number of rotatable bonds is 4. The van der Waals surface area contributed by atoms with E-state index in [1.165, 1.54) is 24.3 Å². The van der Waals surface area contributed by atoms with Gasteiger partial charge in [-0.1, -0.05) is 26.0 Å². The van der Waals surface area contributed by atoms with Crippen molar-refractivity contribution in [1.82, 2.24) is 0 Å². The molecule has 0 heterocycles. The summed E-state index contributed by atoms with van der Waals surface area (Å²) >= 11 is 0. The van der Waals surface area contributed by atoms with E-state index in [2.05, 4.69) is 4.74 Å². The first-order valence-electron chi connectivity index (χ1n) is 4.83. The summed E-state index contributed by atoms with van der Waals surface area (Å²) in [6.45, 7) is 1.11. The fourth-order valence-corrected chi connectivity index (χ4v) is 1.01. The summed E-state index contributed by atoms with van der Waals surface area (Å²) in [6.07, 6.45) is -0.208. The van der Waals surface area contributed by atoms with Gasteiger partial charge >= 0.3 is 12.6 Å². The van der Waals surface area contributed by atoms with Crippen molar-refractivity contribution < 1.29 is 23.4 Å². The predicted molar refractivity (Wildman–Crippen MR) is 55.8 cm³/mol. The maximum Gasteiger partial charge on any atom is 0.387 e. The highest BCUT2D eigenvalue weighted by Gasteiger charge is 2.06. The van der Waals surface area contributed by atoms with Gasteiger partial charge in [0.15, 0.2) is 0 Å². The lowest BCUT2D eigenvalue weighted by Gasteiger charge is -2.05. The van der Waals surface area contributed by atoms with E-state index >= 15 is 0 Å². The lowest BCUT2D eigenvalue weighted by molar-refractivity contribution is -0.136. The number of benzene rings is 1. The number of hydrogen-bond acceptors (Lipinski definition) is 2. The van der Waals surface area contributed by atoms with Crippen LogP contribution in [0.1, 0.15) is 19.4 Å². The molecule has 90 valence electrons. The number of carboxylic acid groups (broad SMARTS) is 1.